The zero-order valence-corrected chi connectivity index (χ0v) is 12.8. The number of phenolic OH excluding ortho intramolecular Hbond substituents is 1. The summed E-state index contributed by atoms with van der Waals surface area (Å²) in [5.41, 5.74) is 0.250. The molecular formula is C16H25NO3. The summed E-state index contributed by atoms with van der Waals surface area (Å²) in [5.74, 6) is 0.942. The van der Waals surface area contributed by atoms with E-state index in [4.69, 9.17) is 4.74 Å². The van der Waals surface area contributed by atoms with E-state index in [2.05, 4.69) is 19.2 Å². The SMILES string of the molecule is COc1ccc(O)c(C(=O)NC(C)CCCC(C)C)c1. The highest BCUT2D eigenvalue weighted by Crippen LogP contribution is 2.23. The van der Waals surface area contributed by atoms with Crippen molar-refractivity contribution >= 4 is 5.91 Å². The van der Waals surface area contributed by atoms with Crippen LogP contribution in [0.5, 0.6) is 11.5 Å². The molecule has 2 N–H and O–H groups in total. The van der Waals surface area contributed by atoms with E-state index in [9.17, 15) is 9.90 Å². The summed E-state index contributed by atoms with van der Waals surface area (Å²) in [6.45, 7) is 6.37. The van der Waals surface area contributed by atoms with Crippen LogP contribution in [-0.4, -0.2) is 24.2 Å². The van der Waals surface area contributed by atoms with Gasteiger partial charge in [-0.2, -0.15) is 0 Å². The average Bonchev–Trinajstić information content (AvgIpc) is 2.38. The summed E-state index contributed by atoms with van der Waals surface area (Å²) in [7, 11) is 1.53. The Morgan fingerprint density at radius 1 is 1.30 bits per heavy atom. The van der Waals surface area contributed by atoms with Gasteiger partial charge in [0.25, 0.3) is 5.91 Å². The number of benzene rings is 1. The number of hydrogen-bond acceptors (Lipinski definition) is 3. The number of hydrogen-bond donors (Lipinski definition) is 2. The maximum absolute atomic E-state index is 12.1. The van der Waals surface area contributed by atoms with Gasteiger partial charge in [-0.1, -0.05) is 26.7 Å². The molecule has 0 spiro atoms. The summed E-state index contributed by atoms with van der Waals surface area (Å²) in [6, 6.07) is 4.73. The van der Waals surface area contributed by atoms with E-state index < -0.39 is 0 Å². The minimum Gasteiger partial charge on any atom is -0.507 e. The molecule has 0 fully saturated rings. The molecule has 20 heavy (non-hydrogen) atoms. The maximum atomic E-state index is 12.1. The van der Waals surface area contributed by atoms with Gasteiger partial charge in [-0.05, 0) is 37.5 Å². The number of amides is 1. The van der Waals surface area contributed by atoms with Crippen LogP contribution < -0.4 is 10.1 Å². The van der Waals surface area contributed by atoms with Crippen LogP contribution in [-0.2, 0) is 0 Å². The van der Waals surface area contributed by atoms with Gasteiger partial charge in [0, 0.05) is 6.04 Å². The molecule has 1 aromatic carbocycles. The predicted octanol–water partition coefficient (Wildman–Crippen LogP) is 3.35. The minimum atomic E-state index is -0.265. The number of rotatable bonds is 7. The summed E-state index contributed by atoms with van der Waals surface area (Å²) in [4.78, 5) is 12.1. The molecular weight excluding hydrogens is 254 g/mol. The Hall–Kier alpha value is -1.71. The van der Waals surface area contributed by atoms with Gasteiger partial charge < -0.3 is 15.2 Å². The van der Waals surface area contributed by atoms with Crippen LogP contribution in [0, 0.1) is 5.92 Å². The van der Waals surface area contributed by atoms with E-state index in [1.54, 1.807) is 12.1 Å². The van der Waals surface area contributed by atoms with Crippen molar-refractivity contribution in [1.29, 1.82) is 0 Å². The predicted molar refractivity (Wildman–Crippen MR) is 80.3 cm³/mol. The molecule has 1 unspecified atom stereocenters. The fourth-order valence-electron chi connectivity index (χ4n) is 2.03. The van der Waals surface area contributed by atoms with Gasteiger partial charge in [0.15, 0.2) is 0 Å². The largest absolute Gasteiger partial charge is 0.507 e. The Labute approximate surface area is 121 Å². The molecule has 0 saturated carbocycles. The van der Waals surface area contributed by atoms with Crippen molar-refractivity contribution < 1.29 is 14.6 Å². The number of aromatic hydroxyl groups is 1. The van der Waals surface area contributed by atoms with E-state index in [1.807, 2.05) is 6.92 Å². The van der Waals surface area contributed by atoms with Gasteiger partial charge in [-0.15, -0.1) is 0 Å². The first-order chi connectivity index (χ1) is 9.43. The fourth-order valence-corrected chi connectivity index (χ4v) is 2.03. The topological polar surface area (TPSA) is 58.6 Å². The normalized spacial score (nSPS) is 12.2. The molecule has 4 heteroatoms. The first-order valence-electron chi connectivity index (χ1n) is 7.12. The second-order valence-corrected chi connectivity index (χ2v) is 5.58. The standard InChI is InChI=1S/C16H25NO3/c1-11(2)6-5-7-12(3)17-16(19)14-10-13(20-4)8-9-15(14)18/h8-12,18H,5-7H2,1-4H3,(H,17,19). The van der Waals surface area contributed by atoms with E-state index in [1.165, 1.54) is 13.2 Å². The van der Waals surface area contributed by atoms with Crippen molar-refractivity contribution in [3.05, 3.63) is 23.8 Å². The molecule has 0 bridgehead atoms. The second kappa shape index (κ2) is 7.78. The molecule has 4 nitrogen and oxygen atoms in total. The number of carbonyl (C=O) groups is 1. The lowest BCUT2D eigenvalue weighted by Crippen LogP contribution is -2.32. The van der Waals surface area contributed by atoms with Crippen molar-refractivity contribution in [2.45, 2.75) is 46.1 Å². The Balaban J connectivity index is 2.57. The number of methoxy groups -OCH3 is 1. The van der Waals surface area contributed by atoms with Crippen molar-refractivity contribution in [2.75, 3.05) is 7.11 Å². The van der Waals surface area contributed by atoms with E-state index >= 15 is 0 Å². The Morgan fingerprint density at radius 2 is 2.00 bits per heavy atom. The third-order valence-corrected chi connectivity index (χ3v) is 3.24. The first-order valence-corrected chi connectivity index (χ1v) is 7.12. The molecule has 0 aliphatic heterocycles. The third-order valence-electron chi connectivity index (χ3n) is 3.24. The van der Waals surface area contributed by atoms with Crippen LogP contribution in [0.2, 0.25) is 0 Å². The van der Waals surface area contributed by atoms with Crippen LogP contribution >= 0.6 is 0 Å². The lowest BCUT2D eigenvalue weighted by Gasteiger charge is -2.15. The number of carbonyl (C=O) groups excluding carboxylic acids is 1. The molecule has 1 aromatic rings. The Kier molecular flexibility index (Phi) is 6.36. The molecule has 1 amide bonds. The molecule has 1 atom stereocenters. The molecule has 0 aliphatic rings. The summed E-state index contributed by atoms with van der Waals surface area (Å²) in [6.07, 6.45) is 3.18. The lowest BCUT2D eigenvalue weighted by molar-refractivity contribution is 0.0934. The number of nitrogens with one attached hydrogen (secondary N) is 1. The van der Waals surface area contributed by atoms with Crippen LogP contribution in [0.15, 0.2) is 18.2 Å². The zero-order chi connectivity index (χ0) is 15.1. The summed E-state index contributed by atoms with van der Waals surface area (Å²) in [5, 5.41) is 12.7. The molecule has 0 aromatic heterocycles. The van der Waals surface area contributed by atoms with Crippen LogP contribution in [0.25, 0.3) is 0 Å². The lowest BCUT2D eigenvalue weighted by atomic mass is 10.0. The van der Waals surface area contributed by atoms with E-state index in [0.717, 1.165) is 19.3 Å². The summed E-state index contributed by atoms with van der Waals surface area (Å²) < 4.78 is 5.07. The fraction of sp³-hybridized carbons (Fsp3) is 0.562. The minimum absolute atomic E-state index is 0.0299. The molecule has 0 heterocycles. The van der Waals surface area contributed by atoms with Crippen LogP contribution in [0.3, 0.4) is 0 Å². The number of phenols is 1. The third kappa shape index (κ3) is 5.11. The Morgan fingerprint density at radius 3 is 2.60 bits per heavy atom. The highest BCUT2D eigenvalue weighted by atomic mass is 16.5. The molecule has 0 aliphatic carbocycles. The Bertz CT molecular complexity index is 443. The van der Waals surface area contributed by atoms with Gasteiger partial charge in [0.2, 0.25) is 0 Å². The van der Waals surface area contributed by atoms with Gasteiger partial charge in [-0.25, -0.2) is 0 Å². The van der Waals surface area contributed by atoms with Crippen molar-refractivity contribution in [3.8, 4) is 11.5 Å². The molecule has 0 saturated heterocycles. The maximum Gasteiger partial charge on any atom is 0.255 e. The van der Waals surface area contributed by atoms with Crippen LogP contribution in [0.1, 0.15) is 50.4 Å². The van der Waals surface area contributed by atoms with Gasteiger partial charge in [0.1, 0.15) is 11.5 Å². The van der Waals surface area contributed by atoms with Crippen molar-refractivity contribution in [2.24, 2.45) is 5.92 Å². The van der Waals surface area contributed by atoms with Crippen molar-refractivity contribution in [3.63, 3.8) is 0 Å². The average molecular weight is 279 g/mol. The summed E-state index contributed by atoms with van der Waals surface area (Å²) >= 11 is 0. The molecule has 0 radical (unpaired) electrons. The van der Waals surface area contributed by atoms with E-state index in [-0.39, 0.29) is 23.3 Å². The molecule has 112 valence electrons. The second-order valence-electron chi connectivity index (χ2n) is 5.58. The first kappa shape index (κ1) is 16.3. The molecule has 1 rings (SSSR count). The van der Waals surface area contributed by atoms with Gasteiger partial charge in [0.05, 0.1) is 12.7 Å². The monoisotopic (exact) mass is 279 g/mol. The van der Waals surface area contributed by atoms with E-state index in [0.29, 0.717) is 11.7 Å². The highest BCUT2D eigenvalue weighted by Gasteiger charge is 2.14. The highest BCUT2D eigenvalue weighted by molar-refractivity contribution is 5.97. The van der Waals surface area contributed by atoms with Gasteiger partial charge >= 0.3 is 0 Å². The van der Waals surface area contributed by atoms with Crippen LogP contribution in [0.4, 0.5) is 0 Å². The van der Waals surface area contributed by atoms with Gasteiger partial charge in [-0.3, -0.25) is 4.79 Å². The number of ether oxygens (including phenoxy) is 1. The zero-order valence-electron chi connectivity index (χ0n) is 12.8. The quantitative estimate of drug-likeness (QED) is 0.804. The smallest absolute Gasteiger partial charge is 0.255 e. The van der Waals surface area contributed by atoms with Crippen molar-refractivity contribution in [1.82, 2.24) is 5.32 Å².